The highest BCUT2D eigenvalue weighted by molar-refractivity contribution is 6.23. The van der Waals surface area contributed by atoms with Crippen LogP contribution in [0, 0.1) is 0 Å². The van der Waals surface area contributed by atoms with E-state index in [4.69, 9.17) is 10.1 Å². The summed E-state index contributed by atoms with van der Waals surface area (Å²) in [4.78, 5) is 5.42. The number of para-hydroxylation sites is 2. The Morgan fingerprint density at radius 2 is 0.911 bits per heavy atom. The van der Waals surface area contributed by atoms with Gasteiger partial charge < -0.3 is 14.6 Å². The molecule has 0 spiro atoms. The van der Waals surface area contributed by atoms with E-state index in [1.807, 2.05) is 18.2 Å². The first-order chi connectivity index (χ1) is 27.8. The molecule has 0 aliphatic carbocycles. The highest BCUT2D eigenvalue weighted by atomic mass is 15.4. The van der Waals surface area contributed by atoms with Crippen molar-refractivity contribution in [1.82, 2.24) is 19.2 Å². The lowest BCUT2D eigenvalue weighted by Gasteiger charge is -2.13. The van der Waals surface area contributed by atoms with Gasteiger partial charge in [0.2, 0.25) is 5.95 Å². The van der Waals surface area contributed by atoms with Crippen molar-refractivity contribution in [2.24, 2.45) is 0 Å². The van der Waals surface area contributed by atoms with Crippen LogP contribution in [0.5, 0.6) is 0 Å². The van der Waals surface area contributed by atoms with Crippen LogP contribution in [0.15, 0.2) is 200 Å². The van der Waals surface area contributed by atoms with E-state index in [9.17, 15) is 0 Å². The number of benzene rings is 8. The van der Waals surface area contributed by atoms with Crippen LogP contribution in [-0.4, -0.2) is 14.1 Å². The molecule has 3 heterocycles. The van der Waals surface area contributed by atoms with Gasteiger partial charge in [-0.1, -0.05) is 164 Å². The van der Waals surface area contributed by atoms with Gasteiger partial charge in [-0.2, -0.15) is 0 Å². The number of hydrogen-bond acceptors (Lipinski definition) is 1. The minimum Gasteiger partial charge on any atom is -0.375 e. The third kappa shape index (κ3) is 5.24. The number of rotatable bonds is 7. The van der Waals surface area contributed by atoms with Crippen molar-refractivity contribution in [1.29, 1.82) is 0 Å². The lowest BCUT2D eigenvalue weighted by Crippen LogP contribution is -2.42. The molecule has 11 rings (SSSR count). The molecule has 11 aromatic rings. The monoisotopic (exact) mass is 717 g/mol. The van der Waals surface area contributed by atoms with Crippen LogP contribution in [-0.2, 0) is 6.54 Å². The second-order valence-electron chi connectivity index (χ2n) is 14.3. The second kappa shape index (κ2) is 13.1. The van der Waals surface area contributed by atoms with Crippen molar-refractivity contribution < 1.29 is 4.68 Å². The van der Waals surface area contributed by atoms with Gasteiger partial charge in [0.15, 0.2) is 0 Å². The zero-order valence-corrected chi connectivity index (χ0v) is 30.5. The average Bonchev–Trinajstić information content (AvgIpc) is 3.95. The van der Waals surface area contributed by atoms with Crippen molar-refractivity contribution >= 4 is 43.6 Å². The summed E-state index contributed by atoms with van der Waals surface area (Å²) in [5.41, 5.74) is 12.4. The lowest BCUT2D eigenvalue weighted by molar-refractivity contribution is -0.741. The Labute approximate surface area is 324 Å². The molecule has 0 unspecified atom stereocenters. The second-order valence-corrected chi connectivity index (χ2v) is 14.3. The molecule has 5 heteroatoms. The smallest absolute Gasteiger partial charge is 0.229 e. The van der Waals surface area contributed by atoms with Crippen LogP contribution < -0.4 is 9.78 Å². The lowest BCUT2D eigenvalue weighted by atomic mass is 10.0. The summed E-state index contributed by atoms with van der Waals surface area (Å²) in [6.07, 6.45) is 0. The molecular weight excluding hydrogens is 683 g/mol. The number of aromatic nitrogens is 5. The van der Waals surface area contributed by atoms with Gasteiger partial charge in [-0.3, -0.25) is 4.68 Å². The summed E-state index contributed by atoms with van der Waals surface area (Å²) in [7, 11) is 0. The number of nitrogens with zero attached hydrogens (tertiary/aromatic N) is 5. The highest BCUT2D eigenvalue weighted by Crippen LogP contribution is 2.41. The molecule has 0 atom stereocenters. The Kier molecular flexibility index (Phi) is 7.49. The maximum atomic E-state index is 5.42. The molecule has 0 saturated carbocycles. The van der Waals surface area contributed by atoms with E-state index in [1.54, 1.807) is 0 Å². The quantitative estimate of drug-likeness (QED) is 0.154. The topological polar surface area (TPSA) is 40.7 Å². The first-order valence-corrected chi connectivity index (χ1v) is 19.0. The molecule has 56 heavy (non-hydrogen) atoms. The summed E-state index contributed by atoms with van der Waals surface area (Å²) in [6.45, 7) is 0.544. The first kappa shape index (κ1) is 32.0. The molecular formula is C51H35N5. The van der Waals surface area contributed by atoms with E-state index < -0.39 is 0 Å². The maximum absolute atomic E-state index is 5.42. The predicted molar refractivity (Wildman–Crippen MR) is 228 cm³/mol. The number of hydrogen-bond donors (Lipinski definition) is 0. The van der Waals surface area contributed by atoms with Crippen molar-refractivity contribution in [3.8, 4) is 45.3 Å². The van der Waals surface area contributed by atoms with E-state index in [2.05, 4.69) is 196 Å². The molecule has 0 N–H and O–H groups in total. The van der Waals surface area contributed by atoms with E-state index in [0.717, 1.165) is 44.8 Å². The fraction of sp³-hybridized carbons (Fsp3) is 0.0196. The van der Waals surface area contributed by atoms with Crippen LogP contribution in [0.3, 0.4) is 0 Å². The number of fused-ring (bicyclic) bond motifs is 7. The highest BCUT2D eigenvalue weighted by Gasteiger charge is 2.25. The molecule has 0 saturated heterocycles. The van der Waals surface area contributed by atoms with Crippen LogP contribution in [0.4, 0.5) is 0 Å². The van der Waals surface area contributed by atoms with E-state index in [-0.39, 0.29) is 0 Å². The summed E-state index contributed by atoms with van der Waals surface area (Å²) >= 11 is 0. The summed E-state index contributed by atoms with van der Waals surface area (Å²) < 4.78 is 6.88. The Balaban J connectivity index is 1.21. The molecule has 0 aliphatic rings. The molecule has 3 aromatic heterocycles. The van der Waals surface area contributed by atoms with Crippen LogP contribution >= 0.6 is 0 Å². The van der Waals surface area contributed by atoms with Crippen LogP contribution in [0.25, 0.3) is 88.9 Å². The fourth-order valence-electron chi connectivity index (χ4n) is 8.40. The molecule has 8 aromatic carbocycles. The zero-order chi connectivity index (χ0) is 37.0. The standard InChI is InChI=1S/C51H35N5/c1-4-17-36(18-5-1)39-23-14-16-35(32-39)34-54-51(52-50(53-54)38-21-8-3-9-22-38)56-47-29-13-11-27-43(47)45-31-30-44-42-26-10-12-28-46(42)55(48(44)49(45)56)41-25-15-24-40(33-41)37-19-6-2-7-20-37/h1-33H,34H2. The third-order valence-corrected chi connectivity index (χ3v) is 10.9. The minimum absolute atomic E-state index is 0.544. The van der Waals surface area contributed by atoms with E-state index in [0.29, 0.717) is 12.4 Å². The molecule has 0 aliphatic heterocycles. The summed E-state index contributed by atoms with van der Waals surface area (Å²) in [5.74, 6) is 1.46. The Hall–Kier alpha value is -7.50. The Morgan fingerprint density at radius 3 is 1.55 bits per heavy atom. The van der Waals surface area contributed by atoms with Gasteiger partial charge in [0.25, 0.3) is 0 Å². The van der Waals surface area contributed by atoms with Gasteiger partial charge in [-0.05, 0) is 75.6 Å². The van der Waals surface area contributed by atoms with Crippen molar-refractivity contribution in [3.63, 3.8) is 0 Å². The van der Waals surface area contributed by atoms with Crippen molar-refractivity contribution in [2.45, 2.75) is 6.54 Å². The summed E-state index contributed by atoms with van der Waals surface area (Å²) in [6, 6.07) is 71.1. The molecule has 0 amide bonds. The Morgan fingerprint density at radius 1 is 0.411 bits per heavy atom. The fourth-order valence-corrected chi connectivity index (χ4v) is 8.40. The largest absolute Gasteiger partial charge is 0.375 e. The maximum Gasteiger partial charge on any atom is 0.229 e. The zero-order valence-electron chi connectivity index (χ0n) is 30.5. The van der Waals surface area contributed by atoms with Gasteiger partial charge in [-0.25, -0.2) is 4.57 Å². The first-order valence-electron chi connectivity index (χ1n) is 19.0. The van der Waals surface area contributed by atoms with Crippen LogP contribution in [0.2, 0.25) is 0 Å². The molecule has 5 nitrogen and oxygen atoms in total. The van der Waals surface area contributed by atoms with E-state index in [1.165, 1.54) is 43.8 Å². The van der Waals surface area contributed by atoms with Gasteiger partial charge in [-0.15, -0.1) is 0 Å². The van der Waals surface area contributed by atoms with Gasteiger partial charge >= 0.3 is 0 Å². The van der Waals surface area contributed by atoms with Crippen LogP contribution in [0.1, 0.15) is 5.56 Å². The minimum atomic E-state index is 0.544. The molecule has 0 radical (unpaired) electrons. The van der Waals surface area contributed by atoms with Gasteiger partial charge in [0.05, 0.1) is 17.6 Å². The SMILES string of the molecule is c1ccc(-c2cccc(C[n+]3[n-]c(-c4ccccc4)nc3-n3c4ccccc4c4ccc5c6ccccc6n(-c6cccc(-c7ccccc7)c6)c5c43)c2)cc1. The Bertz CT molecular complexity index is 3210. The average molecular weight is 718 g/mol. The molecule has 0 bridgehead atoms. The van der Waals surface area contributed by atoms with Gasteiger partial charge in [0, 0.05) is 27.2 Å². The van der Waals surface area contributed by atoms with Crippen molar-refractivity contribution in [2.75, 3.05) is 0 Å². The third-order valence-electron chi connectivity index (χ3n) is 10.9. The normalized spacial score (nSPS) is 11.6. The molecule has 264 valence electrons. The predicted octanol–water partition coefficient (Wildman–Crippen LogP) is 11.6. The van der Waals surface area contributed by atoms with E-state index >= 15 is 0 Å². The molecule has 0 fully saturated rings. The van der Waals surface area contributed by atoms with Crippen molar-refractivity contribution in [3.05, 3.63) is 206 Å². The van der Waals surface area contributed by atoms with Gasteiger partial charge in [0.1, 0.15) is 11.0 Å². The summed E-state index contributed by atoms with van der Waals surface area (Å²) in [5, 5.41) is 10.00.